The highest BCUT2D eigenvalue weighted by molar-refractivity contribution is 5.96. The number of nitrogens with zero attached hydrogens (tertiary/aromatic N) is 1. The largest absolute Gasteiger partial charge is 0.505 e. The maximum absolute atomic E-state index is 13.1. The Morgan fingerprint density at radius 2 is 2.10 bits per heavy atom. The molecule has 3 N–H and O–H groups in total. The Morgan fingerprint density at radius 1 is 1.48 bits per heavy atom. The van der Waals surface area contributed by atoms with Crippen LogP contribution < -0.4 is 10.9 Å². The number of aromatic amines is 1. The first kappa shape index (κ1) is 16.1. The first-order valence-electron chi connectivity index (χ1n) is 5.76. The van der Waals surface area contributed by atoms with Gasteiger partial charge in [-0.1, -0.05) is 25.8 Å². The van der Waals surface area contributed by atoms with Crippen LogP contribution in [0.2, 0.25) is 0 Å². The number of carbonyl (C=O) groups is 1. The number of nitrogens with one attached hydrogen (secondary N) is 2. The number of allylic oxidation sites excluding steroid dienone is 3. The second-order valence-electron chi connectivity index (χ2n) is 4.00. The summed E-state index contributed by atoms with van der Waals surface area (Å²) in [5.41, 5.74) is -1.25. The zero-order chi connectivity index (χ0) is 16.2. The van der Waals surface area contributed by atoms with E-state index < -0.39 is 23.1 Å². The third-order valence-corrected chi connectivity index (χ3v) is 2.43. The molecule has 6 nitrogen and oxygen atoms in total. The van der Waals surface area contributed by atoms with Crippen molar-refractivity contribution in [2.45, 2.75) is 6.92 Å². The van der Waals surface area contributed by atoms with Gasteiger partial charge >= 0.3 is 0 Å². The number of aromatic nitrogens is 2. The Kier molecular flexibility index (Phi) is 4.96. The van der Waals surface area contributed by atoms with Crippen molar-refractivity contribution < 1.29 is 14.3 Å². The summed E-state index contributed by atoms with van der Waals surface area (Å²) >= 11 is 0. The molecule has 1 aromatic rings. The van der Waals surface area contributed by atoms with E-state index in [2.05, 4.69) is 35.0 Å². The Labute approximate surface area is 120 Å². The number of rotatable bonds is 5. The molecule has 1 amide bonds. The molecule has 0 unspecified atom stereocenters. The minimum absolute atomic E-state index is 0.0591. The smallest absolute Gasteiger partial charge is 0.264 e. The van der Waals surface area contributed by atoms with Gasteiger partial charge in [-0.05, 0) is 13.0 Å². The van der Waals surface area contributed by atoms with Crippen molar-refractivity contribution in [2.24, 2.45) is 0 Å². The summed E-state index contributed by atoms with van der Waals surface area (Å²) in [4.78, 5) is 29.9. The van der Waals surface area contributed by atoms with Crippen molar-refractivity contribution in [3.8, 4) is 0 Å². The van der Waals surface area contributed by atoms with Gasteiger partial charge in [-0.25, -0.2) is 9.37 Å². The number of carbonyl (C=O) groups excluding carboxylic acids is 1. The van der Waals surface area contributed by atoms with Crippen LogP contribution in [-0.4, -0.2) is 21.0 Å². The fraction of sp³-hybridized carbons (Fsp3) is 0.0714. The molecular weight excluding hydrogens is 277 g/mol. The average Bonchev–Trinajstić information content (AvgIpc) is 2.36. The highest BCUT2D eigenvalue weighted by atomic mass is 19.1. The highest BCUT2D eigenvalue weighted by Crippen LogP contribution is 2.09. The average molecular weight is 291 g/mol. The maximum Gasteiger partial charge on any atom is 0.264 e. The van der Waals surface area contributed by atoms with Crippen LogP contribution in [0.5, 0.6) is 0 Å². The van der Waals surface area contributed by atoms with Gasteiger partial charge in [0.2, 0.25) is 0 Å². The molecule has 0 spiro atoms. The lowest BCUT2D eigenvalue weighted by Gasteiger charge is -2.09. The lowest BCUT2D eigenvalue weighted by molar-refractivity contribution is 0.0962. The molecule has 1 rings (SSSR count). The Bertz CT molecular complexity index is 717. The lowest BCUT2D eigenvalue weighted by atomic mass is 10.2. The van der Waals surface area contributed by atoms with E-state index in [0.717, 1.165) is 0 Å². The lowest BCUT2D eigenvalue weighted by Crippen LogP contribution is -2.31. The summed E-state index contributed by atoms with van der Waals surface area (Å²) in [6, 6.07) is 0. The van der Waals surface area contributed by atoms with Crippen molar-refractivity contribution in [1.82, 2.24) is 15.3 Å². The van der Waals surface area contributed by atoms with Crippen LogP contribution >= 0.6 is 0 Å². The van der Waals surface area contributed by atoms with Crippen LogP contribution in [0.15, 0.2) is 48.2 Å². The van der Waals surface area contributed by atoms with Gasteiger partial charge in [0.1, 0.15) is 11.4 Å². The molecule has 0 aliphatic carbocycles. The van der Waals surface area contributed by atoms with Crippen molar-refractivity contribution >= 4 is 11.7 Å². The summed E-state index contributed by atoms with van der Waals surface area (Å²) < 4.78 is 13.1. The van der Waals surface area contributed by atoms with E-state index in [9.17, 15) is 19.1 Å². The summed E-state index contributed by atoms with van der Waals surface area (Å²) in [5, 5.41) is 11.4. The molecule has 0 saturated heterocycles. The van der Waals surface area contributed by atoms with Gasteiger partial charge in [-0.3, -0.25) is 9.59 Å². The standard InChI is InChI=1S/C14H14FN3O3/c1-5-6-10(7(2)15)17-13(20)11-8(3)16-12(9(4)19)18-14(11)21/h5-6,19H,1-2,4H2,3H3,(H,17,20)(H,16,18,21)/b10-6+. The normalized spacial score (nSPS) is 10.9. The molecule has 0 bridgehead atoms. The van der Waals surface area contributed by atoms with Gasteiger partial charge in [0.05, 0.1) is 11.4 Å². The van der Waals surface area contributed by atoms with Gasteiger partial charge in [0.15, 0.2) is 11.6 Å². The molecule has 0 atom stereocenters. The van der Waals surface area contributed by atoms with Gasteiger partial charge in [0.25, 0.3) is 11.5 Å². The number of hydrogen-bond donors (Lipinski definition) is 3. The molecule has 0 aliphatic heterocycles. The molecular formula is C14H14FN3O3. The summed E-state index contributed by atoms with van der Waals surface area (Å²) in [5.74, 6) is -2.33. The van der Waals surface area contributed by atoms with Gasteiger partial charge < -0.3 is 15.4 Å². The van der Waals surface area contributed by atoms with Crippen LogP contribution in [0.4, 0.5) is 4.39 Å². The molecule has 110 valence electrons. The fourth-order valence-electron chi connectivity index (χ4n) is 1.49. The van der Waals surface area contributed by atoms with E-state index in [1.807, 2.05) is 0 Å². The third-order valence-electron chi connectivity index (χ3n) is 2.43. The quantitative estimate of drug-likeness (QED) is 0.570. The summed E-state index contributed by atoms with van der Waals surface area (Å²) in [6.45, 7) is 11.1. The van der Waals surface area contributed by atoms with Gasteiger partial charge in [-0.2, -0.15) is 0 Å². The van der Waals surface area contributed by atoms with Crippen LogP contribution in [-0.2, 0) is 0 Å². The van der Waals surface area contributed by atoms with Crippen LogP contribution in [0.3, 0.4) is 0 Å². The first-order valence-corrected chi connectivity index (χ1v) is 5.76. The zero-order valence-corrected chi connectivity index (χ0v) is 11.4. The highest BCUT2D eigenvalue weighted by Gasteiger charge is 2.18. The number of aliphatic hydroxyl groups excluding tert-OH is 1. The van der Waals surface area contributed by atoms with E-state index in [-0.39, 0.29) is 22.8 Å². The van der Waals surface area contributed by atoms with E-state index >= 15 is 0 Å². The number of aliphatic hydroxyl groups is 1. The summed E-state index contributed by atoms with van der Waals surface area (Å²) in [6.07, 6.45) is 2.45. The molecule has 0 radical (unpaired) electrons. The first-order chi connectivity index (χ1) is 9.77. The van der Waals surface area contributed by atoms with Crippen LogP contribution in [0, 0.1) is 6.92 Å². The summed E-state index contributed by atoms with van der Waals surface area (Å²) in [7, 11) is 0. The molecule has 0 aliphatic rings. The Morgan fingerprint density at radius 3 is 2.52 bits per heavy atom. The van der Waals surface area contributed by atoms with E-state index in [4.69, 9.17) is 0 Å². The molecule has 1 aromatic heterocycles. The zero-order valence-electron chi connectivity index (χ0n) is 11.4. The number of amides is 1. The van der Waals surface area contributed by atoms with Crippen molar-refractivity contribution in [1.29, 1.82) is 0 Å². The minimum atomic E-state index is -0.884. The number of H-pyrrole nitrogens is 1. The topological polar surface area (TPSA) is 95.1 Å². The number of aryl methyl sites for hydroxylation is 1. The van der Waals surface area contributed by atoms with E-state index in [0.29, 0.717) is 0 Å². The van der Waals surface area contributed by atoms with Gasteiger partial charge in [-0.15, -0.1) is 0 Å². The Hall–Kier alpha value is -2.96. The molecule has 0 saturated carbocycles. The molecule has 0 fully saturated rings. The molecule has 1 heterocycles. The second kappa shape index (κ2) is 6.47. The SMILES string of the molecule is C=C/C=C(/NC(=O)c1c(C)nc(C(=C)O)[nH]c1=O)C(=C)F. The van der Waals surface area contributed by atoms with Crippen molar-refractivity contribution in [2.75, 3.05) is 0 Å². The predicted octanol–water partition coefficient (Wildman–Crippen LogP) is 1.89. The molecule has 21 heavy (non-hydrogen) atoms. The maximum atomic E-state index is 13.1. The predicted molar refractivity (Wildman–Crippen MR) is 77.3 cm³/mol. The monoisotopic (exact) mass is 291 g/mol. The van der Waals surface area contributed by atoms with E-state index in [1.54, 1.807) is 0 Å². The van der Waals surface area contributed by atoms with Crippen molar-refractivity contribution in [3.05, 3.63) is 70.8 Å². The second-order valence-corrected chi connectivity index (χ2v) is 4.00. The minimum Gasteiger partial charge on any atom is -0.505 e. The van der Waals surface area contributed by atoms with E-state index in [1.165, 1.54) is 19.1 Å². The van der Waals surface area contributed by atoms with Gasteiger partial charge in [0, 0.05) is 0 Å². The molecule has 7 heteroatoms. The number of hydrogen-bond acceptors (Lipinski definition) is 4. The van der Waals surface area contributed by atoms with Crippen molar-refractivity contribution in [3.63, 3.8) is 0 Å². The fourth-order valence-corrected chi connectivity index (χ4v) is 1.49. The third kappa shape index (κ3) is 3.75. The van der Waals surface area contributed by atoms with Crippen LogP contribution in [0.25, 0.3) is 5.76 Å². The molecule has 0 aromatic carbocycles. The van der Waals surface area contributed by atoms with Crippen LogP contribution in [0.1, 0.15) is 21.9 Å². The Balaban J connectivity index is 3.23. The number of halogens is 1.